The van der Waals surface area contributed by atoms with Crippen LogP contribution < -0.4 is 0 Å². The van der Waals surface area contributed by atoms with Crippen molar-refractivity contribution in [3.8, 4) is 11.5 Å². The number of aromatic carboxylic acids is 1. The van der Waals surface area contributed by atoms with Gasteiger partial charge in [0.15, 0.2) is 0 Å². The van der Waals surface area contributed by atoms with Gasteiger partial charge in [-0.25, -0.2) is 4.79 Å². The van der Waals surface area contributed by atoms with E-state index in [0.717, 1.165) is 31.3 Å². The molecule has 1 aromatic rings. The van der Waals surface area contributed by atoms with Crippen molar-refractivity contribution in [3.63, 3.8) is 0 Å². The molecular formula is C24H34O6. The highest BCUT2D eigenvalue weighted by Crippen LogP contribution is 2.35. The monoisotopic (exact) mass is 418 g/mol. The van der Waals surface area contributed by atoms with Gasteiger partial charge in [-0.1, -0.05) is 36.1 Å². The zero-order valence-corrected chi connectivity index (χ0v) is 18.2. The van der Waals surface area contributed by atoms with Crippen molar-refractivity contribution in [1.29, 1.82) is 0 Å². The number of carboxylic acid groups (broad SMARTS) is 2. The molecule has 6 nitrogen and oxygen atoms in total. The van der Waals surface area contributed by atoms with Crippen molar-refractivity contribution in [2.24, 2.45) is 0 Å². The Morgan fingerprint density at radius 1 is 0.933 bits per heavy atom. The van der Waals surface area contributed by atoms with Gasteiger partial charge in [0.05, 0.1) is 0 Å². The van der Waals surface area contributed by atoms with Crippen molar-refractivity contribution < 1.29 is 30.0 Å². The third-order valence-electron chi connectivity index (χ3n) is 5.01. The summed E-state index contributed by atoms with van der Waals surface area (Å²) in [7, 11) is 0. The van der Waals surface area contributed by atoms with Crippen LogP contribution in [0.15, 0.2) is 29.4 Å². The molecule has 1 rings (SSSR count). The van der Waals surface area contributed by atoms with E-state index in [1.807, 2.05) is 26.8 Å². The highest BCUT2D eigenvalue weighted by atomic mass is 16.4. The number of aryl methyl sites for hydroxylation is 1. The lowest BCUT2D eigenvalue weighted by Crippen LogP contribution is -2.06. The summed E-state index contributed by atoms with van der Waals surface area (Å²) in [4.78, 5) is 22.3. The molecule has 30 heavy (non-hydrogen) atoms. The third kappa shape index (κ3) is 8.72. The van der Waals surface area contributed by atoms with Gasteiger partial charge in [0, 0.05) is 12.0 Å². The maximum Gasteiger partial charge on any atom is 0.339 e. The third-order valence-corrected chi connectivity index (χ3v) is 5.01. The minimum atomic E-state index is -1.22. The molecule has 4 N–H and O–H groups in total. The molecule has 0 bridgehead atoms. The molecule has 0 saturated heterocycles. The van der Waals surface area contributed by atoms with E-state index in [2.05, 4.69) is 6.08 Å². The van der Waals surface area contributed by atoms with Gasteiger partial charge in [-0.05, 0) is 70.9 Å². The lowest BCUT2D eigenvalue weighted by atomic mass is 9.94. The summed E-state index contributed by atoms with van der Waals surface area (Å²) in [5.74, 6) is -2.53. The van der Waals surface area contributed by atoms with Gasteiger partial charge in [0.25, 0.3) is 0 Å². The minimum Gasteiger partial charge on any atom is -0.508 e. The fraction of sp³-hybridized carbons (Fsp3) is 0.500. The second-order valence-corrected chi connectivity index (χ2v) is 7.94. The molecule has 0 radical (unpaired) electrons. The number of aliphatic carboxylic acids is 1. The zero-order chi connectivity index (χ0) is 22.7. The second-order valence-electron chi connectivity index (χ2n) is 7.94. The van der Waals surface area contributed by atoms with Crippen LogP contribution in [0.2, 0.25) is 0 Å². The summed E-state index contributed by atoms with van der Waals surface area (Å²) in [5.41, 5.74) is 2.81. The van der Waals surface area contributed by atoms with Gasteiger partial charge in [0.2, 0.25) is 0 Å². The Morgan fingerprint density at radius 3 is 2.20 bits per heavy atom. The van der Waals surface area contributed by atoms with E-state index in [0.29, 0.717) is 24.8 Å². The summed E-state index contributed by atoms with van der Waals surface area (Å²) in [6.45, 7) is 6.06. The Hall–Kier alpha value is -2.76. The molecule has 166 valence electrons. The van der Waals surface area contributed by atoms with Gasteiger partial charge in [-0.2, -0.15) is 0 Å². The molecule has 6 heteroatoms. The van der Waals surface area contributed by atoms with Crippen LogP contribution in [0, 0.1) is 0 Å². The normalized spacial score (nSPS) is 11.4. The van der Waals surface area contributed by atoms with Gasteiger partial charge in [-0.3, -0.25) is 4.79 Å². The molecule has 0 unspecified atom stereocenters. The van der Waals surface area contributed by atoms with Crippen molar-refractivity contribution in [3.05, 3.63) is 46.1 Å². The SMILES string of the molecule is CC(C)=CCCC(C)=CCc1c(O)cc(CCCCCCC(=O)O)c(C(=O)O)c1O. The van der Waals surface area contributed by atoms with Crippen LogP contribution in [-0.4, -0.2) is 32.4 Å². The maximum absolute atomic E-state index is 11.7. The first-order valence-corrected chi connectivity index (χ1v) is 10.4. The lowest BCUT2D eigenvalue weighted by Gasteiger charge is -2.14. The first-order chi connectivity index (χ1) is 14.1. The van der Waals surface area contributed by atoms with Crippen LogP contribution in [0.4, 0.5) is 0 Å². The molecule has 0 aliphatic carbocycles. The Morgan fingerprint density at radius 2 is 1.60 bits per heavy atom. The lowest BCUT2D eigenvalue weighted by molar-refractivity contribution is -0.137. The van der Waals surface area contributed by atoms with Crippen molar-refractivity contribution in [2.45, 2.75) is 78.6 Å². The molecule has 0 fully saturated rings. The molecule has 1 aromatic carbocycles. The van der Waals surface area contributed by atoms with Gasteiger partial charge < -0.3 is 20.4 Å². The number of hydrogen-bond acceptors (Lipinski definition) is 4. The van der Waals surface area contributed by atoms with Crippen molar-refractivity contribution >= 4 is 11.9 Å². The molecule has 0 aliphatic rings. The predicted octanol–water partition coefficient (Wildman–Crippen LogP) is 5.61. The number of aromatic hydroxyl groups is 2. The Balaban J connectivity index is 2.86. The van der Waals surface area contributed by atoms with Gasteiger partial charge >= 0.3 is 11.9 Å². The molecule has 0 spiro atoms. The smallest absolute Gasteiger partial charge is 0.339 e. The number of phenolic OH excluding ortho intramolecular Hbond substituents is 1. The zero-order valence-electron chi connectivity index (χ0n) is 18.2. The van der Waals surface area contributed by atoms with Gasteiger partial charge in [0.1, 0.15) is 17.1 Å². The number of carboxylic acids is 2. The summed E-state index contributed by atoms with van der Waals surface area (Å²) in [6.07, 6.45) is 9.32. The number of allylic oxidation sites excluding steroid dienone is 4. The van der Waals surface area contributed by atoms with E-state index < -0.39 is 11.9 Å². The van der Waals surface area contributed by atoms with Crippen LogP contribution in [-0.2, 0) is 17.6 Å². The number of phenols is 2. The van der Waals surface area contributed by atoms with E-state index in [9.17, 15) is 24.9 Å². The Bertz CT molecular complexity index is 800. The fourth-order valence-corrected chi connectivity index (χ4v) is 3.30. The predicted molar refractivity (Wildman–Crippen MR) is 117 cm³/mol. The van der Waals surface area contributed by atoms with Crippen LogP contribution in [0.5, 0.6) is 11.5 Å². The van der Waals surface area contributed by atoms with E-state index >= 15 is 0 Å². The number of carbonyl (C=O) groups is 2. The van der Waals surface area contributed by atoms with E-state index in [4.69, 9.17) is 5.11 Å². The molecular weight excluding hydrogens is 384 g/mol. The standard InChI is InChI=1S/C24H34O6/c1-16(2)9-8-10-17(3)13-14-19-20(25)15-18(22(23(19)28)24(29)30)11-6-4-5-7-12-21(26)27/h9,13,15,25,28H,4-8,10-12,14H2,1-3H3,(H,26,27)(H,29,30). The first-order valence-electron chi connectivity index (χ1n) is 10.4. The average molecular weight is 419 g/mol. The number of hydrogen-bond donors (Lipinski definition) is 4. The molecule has 0 heterocycles. The highest BCUT2D eigenvalue weighted by Gasteiger charge is 2.21. The first kappa shape index (κ1) is 25.3. The quantitative estimate of drug-likeness (QED) is 0.244. The minimum absolute atomic E-state index is 0.105. The summed E-state index contributed by atoms with van der Waals surface area (Å²) in [6, 6.07) is 1.43. The summed E-state index contributed by atoms with van der Waals surface area (Å²) < 4.78 is 0. The van der Waals surface area contributed by atoms with Gasteiger partial charge in [-0.15, -0.1) is 0 Å². The van der Waals surface area contributed by atoms with E-state index in [1.54, 1.807) is 0 Å². The molecule has 0 aromatic heterocycles. The average Bonchev–Trinajstić information content (AvgIpc) is 2.63. The van der Waals surface area contributed by atoms with Crippen LogP contribution in [0.25, 0.3) is 0 Å². The summed E-state index contributed by atoms with van der Waals surface area (Å²) in [5, 5.41) is 39.2. The second kappa shape index (κ2) is 12.7. The topological polar surface area (TPSA) is 115 Å². The number of unbranched alkanes of at least 4 members (excludes halogenated alkanes) is 3. The Kier molecular flexibility index (Phi) is 10.7. The van der Waals surface area contributed by atoms with Crippen LogP contribution >= 0.6 is 0 Å². The fourth-order valence-electron chi connectivity index (χ4n) is 3.30. The largest absolute Gasteiger partial charge is 0.508 e. The summed E-state index contributed by atoms with van der Waals surface area (Å²) >= 11 is 0. The molecule has 0 amide bonds. The van der Waals surface area contributed by atoms with Crippen LogP contribution in [0.3, 0.4) is 0 Å². The molecule has 0 atom stereocenters. The van der Waals surface area contributed by atoms with Crippen molar-refractivity contribution in [1.82, 2.24) is 0 Å². The Labute approximate surface area is 178 Å². The molecule has 0 saturated carbocycles. The number of benzene rings is 1. The van der Waals surface area contributed by atoms with E-state index in [-0.39, 0.29) is 35.5 Å². The molecule has 0 aliphatic heterocycles. The van der Waals surface area contributed by atoms with E-state index in [1.165, 1.54) is 11.6 Å². The van der Waals surface area contributed by atoms with Crippen molar-refractivity contribution in [2.75, 3.05) is 0 Å². The maximum atomic E-state index is 11.7. The number of rotatable bonds is 13. The highest BCUT2D eigenvalue weighted by molar-refractivity contribution is 5.93. The van der Waals surface area contributed by atoms with Crippen LogP contribution in [0.1, 0.15) is 87.2 Å².